The number of carboxylic acids is 1. The summed E-state index contributed by atoms with van der Waals surface area (Å²) in [7, 11) is 0. The highest BCUT2D eigenvalue weighted by atomic mass is 32.1. The fourth-order valence-corrected chi connectivity index (χ4v) is 3.30. The Kier molecular flexibility index (Phi) is 4.20. The molecule has 0 unspecified atom stereocenters. The van der Waals surface area contributed by atoms with E-state index in [1.807, 2.05) is 19.1 Å². The second-order valence-electron chi connectivity index (χ2n) is 5.04. The number of aliphatic carboxylic acids is 1. The monoisotopic (exact) mass is 329 g/mol. The number of aryl methyl sites for hydroxylation is 1. The first-order chi connectivity index (χ1) is 11.1. The third-order valence-electron chi connectivity index (χ3n) is 3.49. The Hall–Kier alpha value is -2.54. The molecule has 0 aliphatic heterocycles. The van der Waals surface area contributed by atoms with Crippen molar-refractivity contribution in [3.05, 3.63) is 45.7 Å². The number of hydrogen-bond acceptors (Lipinski definition) is 5. The zero-order chi connectivity index (χ0) is 16.4. The smallest absolute Gasteiger partial charge is 0.305 e. The Morgan fingerprint density at radius 2 is 2.22 bits per heavy atom. The highest BCUT2D eigenvalue weighted by Gasteiger charge is 2.16. The molecular weight excluding hydrogens is 314 g/mol. The average Bonchev–Trinajstić information content (AvgIpc) is 2.98. The molecule has 3 heterocycles. The van der Waals surface area contributed by atoms with E-state index in [9.17, 15) is 9.59 Å². The lowest BCUT2D eigenvalue weighted by Gasteiger charge is -2.10. The molecule has 3 aromatic heterocycles. The molecule has 0 aromatic carbocycles. The van der Waals surface area contributed by atoms with E-state index < -0.39 is 5.97 Å². The third-order valence-corrected chi connectivity index (χ3v) is 4.67. The third kappa shape index (κ3) is 3.00. The quantitative estimate of drug-likeness (QED) is 0.777. The van der Waals surface area contributed by atoms with Crippen LogP contribution in [0.3, 0.4) is 0 Å². The number of nitrogens with zero attached hydrogens (tertiary/aromatic N) is 3. The van der Waals surface area contributed by atoms with Gasteiger partial charge in [0.05, 0.1) is 11.8 Å². The van der Waals surface area contributed by atoms with Crippen LogP contribution in [0.5, 0.6) is 0 Å². The lowest BCUT2D eigenvalue weighted by molar-refractivity contribution is -0.137. The van der Waals surface area contributed by atoms with Crippen molar-refractivity contribution < 1.29 is 9.90 Å². The van der Waals surface area contributed by atoms with Gasteiger partial charge in [0, 0.05) is 17.6 Å². The fraction of sp³-hybridized carbons (Fsp3) is 0.250. The Bertz CT molecular complexity index is 915. The summed E-state index contributed by atoms with van der Waals surface area (Å²) in [6.07, 6.45) is 2.31. The van der Waals surface area contributed by atoms with Crippen LogP contribution in [0.4, 0.5) is 0 Å². The number of carbonyl (C=O) groups is 1. The fourth-order valence-electron chi connectivity index (χ4n) is 2.35. The van der Waals surface area contributed by atoms with Crippen molar-refractivity contribution in [3.63, 3.8) is 0 Å². The van der Waals surface area contributed by atoms with Gasteiger partial charge in [-0.25, -0.2) is 4.98 Å². The van der Waals surface area contributed by atoms with Gasteiger partial charge in [0.25, 0.3) is 5.56 Å². The van der Waals surface area contributed by atoms with Gasteiger partial charge in [-0.3, -0.25) is 19.1 Å². The molecule has 0 spiro atoms. The molecule has 3 aromatic rings. The van der Waals surface area contributed by atoms with Crippen molar-refractivity contribution >= 4 is 27.5 Å². The van der Waals surface area contributed by atoms with Gasteiger partial charge in [-0.1, -0.05) is 13.0 Å². The summed E-state index contributed by atoms with van der Waals surface area (Å²) in [5.41, 5.74) is 0.344. The molecule has 0 saturated carbocycles. The Morgan fingerprint density at radius 1 is 1.39 bits per heavy atom. The highest BCUT2D eigenvalue weighted by molar-refractivity contribution is 7.18. The van der Waals surface area contributed by atoms with Crippen LogP contribution in [-0.4, -0.2) is 25.6 Å². The SMILES string of the molecule is CCc1cc2c(=O)n(CCC(=O)O)c(-c3ccccn3)nc2s1. The molecule has 0 aliphatic carbocycles. The van der Waals surface area contributed by atoms with Crippen LogP contribution in [0.15, 0.2) is 35.3 Å². The summed E-state index contributed by atoms with van der Waals surface area (Å²) < 4.78 is 1.41. The lowest BCUT2D eigenvalue weighted by Crippen LogP contribution is -2.24. The summed E-state index contributed by atoms with van der Waals surface area (Å²) in [5, 5.41) is 9.47. The molecule has 1 N–H and O–H groups in total. The molecule has 0 saturated heterocycles. The van der Waals surface area contributed by atoms with Gasteiger partial charge in [0.2, 0.25) is 0 Å². The molecule has 0 atom stereocenters. The van der Waals surface area contributed by atoms with Crippen molar-refractivity contribution in [3.8, 4) is 11.5 Å². The molecule has 0 bridgehead atoms. The van der Waals surface area contributed by atoms with Crippen molar-refractivity contribution in [1.29, 1.82) is 0 Å². The molecule has 0 radical (unpaired) electrons. The molecule has 0 aliphatic rings. The predicted octanol–water partition coefficient (Wildman–Crippen LogP) is 2.56. The minimum atomic E-state index is -0.955. The van der Waals surface area contributed by atoms with Gasteiger partial charge in [-0.05, 0) is 24.6 Å². The lowest BCUT2D eigenvalue weighted by atomic mass is 10.2. The average molecular weight is 329 g/mol. The highest BCUT2D eigenvalue weighted by Crippen LogP contribution is 2.24. The standard InChI is InChI=1S/C16H15N3O3S/c1-2-10-9-11-15(23-10)18-14(12-5-3-4-7-17-12)19(16(11)22)8-6-13(20)21/h3-5,7,9H,2,6,8H2,1H3,(H,20,21). The summed E-state index contributed by atoms with van der Waals surface area (Å²) in [4.78, 5) is 34.2. The molecule has 118 valence electrons. The molecule has 3 rings (SSSR count). The summed E-state index contributed by atoms with van der Waals surface area (Å²) in [6, 6.07) is 7.20. The number of rotatable bonds is 5. The van der Waals surface area contributed by atoms with Crippen LogP contribution in [0.1, 0.15) is 18.2 Å². The summed E-state index contributed by atoms with van der Waals surface area (Å²) in [6.45, 7) is 2.09. The van der Waals surface area contributed by atoms with Crippen LogP contribution in [0.2, 0.25) is 0 Å². The van der Waals surface area contributed by atoms with Crippen LogP contribution in [0, 0.1) is 0 Å². The summed E-state index contributed by atoms with van der Waals surface area (Å²) in [5.74, 6) is -0.544. The molecular formula is C16H15N3O3S. The van der Waals surface area contributed by atoms with Gasteiger partial charge >= 0.3 is 5.97 Å². The van der Waals surface area contributed by atoms with E-state index in [0.29, 0.717) is 21.7 Å². The van der Waals surface area contributed by atoms with Gasteiger partial charge in [0.1, 0.15) is 10.5 Å². The number of carboxylic acid groups (broad SMARTS) is 1. The van der Waals surface area contributed by atoms with Gasteiger partial charge in [-0.15, -0.1) is 11.3 Å². The maximum atomic E-state index is 12.8. The van der Waals surface area contributed by atoms with E-state index >= 15 is 0 Å². The van der Waals surface area contributed by atoms with Gasteiger partial charge < -0.3 is 5.11 Å². The van der Waals surface area contributed by atoms with Gasteiger partial charge in [0.15, 0.2) is 5.82 Å². The van der Waals surface area contributed by atoms with Crippen molar-refractivity contribution in [2.45, 2.75) is 26.3 Å². The van der Waals surface area contributed by atoms with E-state index in [-0.39, 0.29) is 18.5 Å². The second kappa shape index (κ2) is 6.29. The largest absolute Gasteiger partial charge is 0.481 e. The van der Waals surface area contributed by atoms with Crippen molar-refractivity contribution in [2.75, 3.05) is 0 Å². The Labute approximate surface area is 136 Å². The first-order valence-electron chi connectivity index (χ1n) is 7.26. The zero-order valence-corrected chi connectivity index (χ0v) is 13.3. The second-order valence-corrected chi connectivity index (χ2v) is 6.15. The van der Waals surface area contributed by atoms with Crippen LogP contribution in [-0.2, 0) is 17.8 Å². The van der Waals surface area contributed by atoms with Crippen molar-refractivity contribution in [2.24, 2.45) is 0 Å². The van der Waals surface area contributed by atoms with Crippen LogP contribution >= 0.6 is 11.3 Å². The molecule has 0 fully saturated rings. The molecule has 0 amide bonds. The number of fused-ring (bicyclic) bond motifs is 1. The maximum Gasteiger partial charge on any atom is 0.305 e. The van der Waals surface area contributed by atoms with E-state index in [1.54, 1.807) is 18.3 Å². The maximum absolute atomic E-state index is 12.8. The normalized spacial score (nSPS) is 11.0. The number of hydrogen-bond donors (Lipinski definition) is 1. The predicted molar refractivity (Wildman–Crippen MR) is 88.7 cm³/mol. The van der Waals surface area contributed by atoms with E-state index in [1.165, 1.54) is 15.9 Å². The van der Waals surface area contributed by atoms with E-state index in [4.69, 9.17) is 5.11 Å². The number of aromatic nitrogens is 3. The zero-order valence-electron chi connectivity index (χ0n) is 12.5. The van der Waals surface area contributed by atoms with Crippen LogP contribution < -0.4 is 5.56 Å². The minimum absolute atomic E-state index is 0.0698. The first kappa shape index (κ1) is 15.4. The number of pyridine rings is 1. The molecule has 6 nitrogen and oxygen atoms in total. The Balaban J connectivity index is 2.24. The van der Waals surface area contributed by atoms with E-state index in [2.05, 4.69) is 9.97 Å². The van der Waals surface area contributed by atoms with Gasteiger partial charge in [-0.2, -0.15) is 0 Å². The molecule has 23 heavy (non-hydrogen) atoms. The van der Waals surface area contributed by atoms with Crippen molar-refractivity contribution in [1.82, 2.24) is 14.5 Å². The summed E-state index contributed by atoms with van der Waals surface area (Å²) >= 11 is 1.48. The minimum Gasteiger partial charge on any atom is -0.481 e. The first-order valence-corrected chi connectivity index (χ1v) is 8.08. The van der Waals surface area contributed by atoms with E-state index in [0.717, 1.165) is 11.3 Å². The Morgan fingerprint density at radius 3 is 2.87 bits per heavy atom. The topological polar surface area (TPSA) is 85.1 Å². The number of thiophene rings is 1. The van der Waals surface area contributed by atoms with Crippen LogP contribution in [0.25, 0.3) is 21.7 Å². The molecule has 7 heteroatoms.